The lowest BCUT2D eigenvalue weighted by molar-refractivity contribution is 0.669. The van der Waals surface area contributed by atoms with Crippen molar-refractivity contribution in [2.24, 2.45) is 0 Å². The molecule has 0 fully saturated rings. The average Bonchev–Trinajstić information content (AvgIpc) is 3.83. The summed E-state index contributed by atoms with van der Waals surface area (Å²) in [6.45, 7) is 0. The maximum atomic E-state index is 6.37. The first-order valence-corrected chi connectivity index (χ1v) is 19.5. The third kappa shape index (κ3) is 5.40. The van der Waals surface area contributed by atoms with Crippen LogP contribution in [0.4, 0.5) is 17.1 Å². The SMILES string of the molecule is c1cc(-c2ccc(N(c3ccc(-c4ccc5c(c4)sc4ccccc45)cc3)c3cccc4oc5ccccc5c34)cc2)cc(-c2cccc3ccccc23)c1. The highest BCUT2D eigenvalue weighted by atomic mass is 32.1. The molecule has 3 heteroatoms. The Morgan fingerprint density at radius 1 is 0.364 bits per heavy atom. The fourth-order valence-electron chi connectivity index (χ4n) is 8.22. The number of fused-ring (bicyclic) bond motifs is 7. The zero-order chi connectivity index (χ0) is 36.3. The summed E-state index contributed by atoms with van der Waals surface area (Å²) in [5.74, 6) is 0. The van der Waals surface area contributed by atoms with Gasteiger partial charge in [-0.15, -0.1) is 11.3 Å². The number of nitrogens with zero attached hydrogens (tertiary/aromatic N) is 1. The van der Waals surface area contributed by atoms with E-state index in [-0.39, 0.29) is 0 Å². The normalized spacial score (nSPS) is 11.6. The molecule has 2 nitrogen and oxygen atoms in total. The van der Waals surface area contributed by atoms with Crippen molar-refractivity contribution in [3.63, 3.8) is 0 Å². The number of hydrogen-bond donors (Lipinski definition) is 0. The Balaban J connectivity index is 1.01. The molecule has 0 atom stereocenters. The smallest absolute Gasteiger partial charge is 0.137 e. The van der Waals surface area contributed by atoms with Crippen molar-refractivity contribution in [2.75, 3.05) is 4.90 Å². The van der Waals surface area contributed by atoms with Crippen molar-refractivity contribution in [3.8, 4) is 33.4 Å². The number of hydrogen-bond acceptors (Lipinski definition) is 3. The van der Waals surface area contributed by atoms with Crippen LogP contribution in [-0.2, 0) is 0 Å². The van der Waals surface area contributed by atoms with E-state index in [1.165, 1.54) is 64.3 Å². The van der Waals surface area contributed by atoms with Crippen molar-refractivity contribution in [2.45, 2.75) is 0 Å². The molecule has 0 amide bonds. The number of furan rings is 1. The van der Waals surface area contributed by atoms with Gasteiger partial charge in [0.15, 0.2) is 0 Å². The third-order valence-corrected chi connectivity index (χ3v) is 12.0. The Morgan fingerprint density at radius 3 is 1.76 bits per heavy atom. The molecule has 0 saturated carbocycles. The predicted octanol–water partition coefficient (Wildman–Crippen LogP) is 15.6. The Labute approximate surface area is 322 Å². The van der Waals surface area contributed by atoms with Gasteiger partial charge in [-0.25, -0.2) is 0 Å². The standard InChI is InChI=1S/C52H33NOS/c1-2-14-42-36(10-1)11-8-17-43(42)39-13-7-12-37(32-39)34-22-27-40(28-23-34)53(47-18-9-20-49-52(47)46-16-3-5-19-48(46)54-49)41-29-24-35(25-30-41)38-26-31-45-44-15-4-6-21-50(44)55-51(45)33-38/h1-33H. The molecule has 0 bridgehead atoms. The minimum Gasteiger partial charge on any atom is -0.456 e. The van der Waals surface area contributed by atoms with Crippen LogP contribution in [0.1, 0.15) is 0 Å². The average molecular weight is 720 g/mol. The molecule has 0 aliphatic heterocycles. The lowest BCUT2D eigenvalue weighted by atomic mass is 9.95. The highest BCUT2D eigenvalue weighted by Crippen LogP contribution is 2.44. The lowest BCUT2D eigenvalue weighted by Gasteiger charge is -2.26. The van der Waals surface area contributed by atoms with E-state index >= 15 is 0 Å². The van der Waals surface area contributed by atoms with E-state index in [1.54, 1.807) is 0 Å². The molecular weight excluding hydrogens is 687 g/mol. The van der Waals surface area contributed by atoms with E-state index < -0.39 is 0 Å². The van der Waals surface area contributed by atoms with Gasteiger partial charge >= 0.3 is 0 Å². The molecule has 0 spiro atoms. The minimum absolute atomic E-state index is 0.874. The number of thiophene rings is 1. The summed E-state index contributed by atoms with van der Waals surface area (Å²) in [4.78, 5) is 2.36. The molecule has 0 aliphatic rings. The molecule has 0 saturated heterocycles. The number of anilines is 3. The fraction of sp³-hybridized carbons (Fsp3) is 0. The van der Waals surface area contributed by atoms with Gasteiger partial charge in [0.1, 0.15) is 11.2 Å². The van der Waals surface area contributed by atoms with E-state index in [1.807, 2.05) is 23.5 Å². The van der Waals surface area contributed by atoms with Crippen LogP contribution in [0.5, 0.6) is 0 Å². The molecule has 11 aromatic rings. The molecule has 0 radical (unpaired) electrons. The lowest BCUT2D eigenvalue weighted by Crippen LogP contribution is -2.10. The van der Waals surface area contributed by atoms with Gasteiger partial charge in [-0.05, 0) is 105 Å². The summed E-state index contributed by atoms with van der Waals surface area (Å²) in [6.07, 6.45) is 0. The summed E-state index contributed by atoms with van der Waals surface area (Å²) in [5, 5.41) is 7.36. The van der Waals surface area contributed by atoms with Crippen LogP contribution in [-0.4, -0.2) is 0 Å². The van der Waals surface area contributed by atoms with Crippen LogP contribution in [0.2, 0.25) is 0 Å². The van der Waals surface area contributed by atoms with Gasteiger partial charge < -0.3 is 9.32 Å². The summed E-state index contributed by atoms with van der Waals surface area (Å²) >= 11 is 1.86. The molecule has 2 aromatic heterocycles. The molecule has 0 N–H and O–H groups in total. The van der Waals surface area contributed by atoms with Crippen LogP contribution in [0.25, 0.3) is 86.3 Å². The van der Waals surface area contributed by atoms with E-state index in [0.717, 1.165) is 39.0 Å². The van der Waals surface area contributed by atoms with Crippen molar-refractivity contribution in [3.05, 3.63) is 200 Å². The molecule has 9 aromatic carbocycles. The van der Waals surface area contributed by atoms with E-state index in [9.17, 15) is 0 Å². The van der Waals surface area contributed by atoms with Crippen molar-refractivity contribution in [1.29, 1.82) is 0 Å². The van der Waals surface area contributed by atoms with Crippen molar-refractivity contribution < 1.29 is 4.42 Å². The predicted molar refractivity (Wildman–Crippen MR) is 235 cm³/mol. The Hall–Kier alpha value is -6.94. The van der Waals surface area contributed by atoms with E-state index in [4.69, 9.17) is 4.42 Å². The van der Waals surface area contributed by atoms with Crippen LogP contribution in [0.3, 0.4) is 0 Å². The molecule has 55 heavy (non-hydrogen) atoms. The molecule has 0 aliphatic carbocycles. The Kier molecular flexibility index (Phi) is 7.39. The highest BCUT2D eigenvalue weighted by Gasteiger charge is 2.20. The van der Waals surface area contributed by atoms with Crippen LogP contribution in [0.15, 0.2) is 205 Å². The third-order valence-electron chi connectivity index (χ3n) is 10.9. The quantitative estimate of drug-likeness (QED) is 0.170. The Bertz CT molecular complexity index is 3200. The maximum Gasteiger partial charge on any atom is 0.137 e. The summed E-state index contributed by atoms with van der Waals surface area (Å²) in [5.41, 5.74) is 12.2. The molecule has 11 rings (SSSR count). The fourth-order valence-corrected chi connectivity index (χ4v) is 9.37. The monoisotopic (exact) mass is 719 g/mol. The second kappa shape index (κ2) is 12.9. The van der Waals surface area contributed by atoms with Gasteiger partial charge in [-0.1, -0.05) is 140 Å². The van der Waals surface area contributed by atoms with Crippen molar-refractivity contribution in [1.82, 2.24) is 0 Å². The van der Waals surface area contributed by atoms with Crippen LogP contribution >= 0.6 is 11.3 Å². The molecule has 0 unspecified atom stereocenters. The summed E-state index contributed by atoms with van der Waals surface area (Å²) in [7, 11) is 0. The largest absolute Gasteiger partial charge is 0.456 e. The zero-order valence-electron chi connectivity index (χ0n) is 29.8. The van der Waals surface area contributed by atoms with Crippen LogP contribution in [0, 0.1) is 0 Å². The first kappa shape index (κ1) is 31.6. The zero-order valence-corrected chi connectivity index (χ0v) is 30.6. The minimum atomic E-state index is 0.874. The Morgan fingerprint density at radius 2 is 0.945 bits per heavy atom. The second-order valence-electron chi connectivity index (χ2n) is 14.1. The first-order valence-electron chi connectivity index (χ1n) is 18.7. The van der Waals surface area contributed by atoms with Gasteiger partial charge in [0, 0.05) is 36.9 Å². The van der Waals surface area contributed by atoms with Gasteiger partial charge in [0.2, 0.25) is 0 Å². The summed E-state index contributed by atoms with van der Waals surface area (Å²) in [6, 6.07) is 72.2. The summed E-state index contributed by atoms with van der Waals surface area (Å²) < 4.78 is 9.01. The van der Waals surface area contributed by atoms with Crippen LogP contribution < -0.4 is 4.90 Å². The first-order chi connectivity index (χ1) is 27.2. The van der Waals surface area contributed by atoms with Crippen molar-refractivity contribution >= 4 is 81.3 Å². The van der Waals surface area contributed by atoms with Gasteiger partial charge in [0.25, 0.3) is 0 Å². The maximum absolute atomic E-state index is 6.37. The number of rotatable bonds is 6. The second-order valence-corrected chi connectivity index (χ2v) is 15.2. The van der Waals surface area contributed by atoms with Gasteiger partial charge in [-0.2, -0.15) is 0 Å². The topological polar surface area (TPSA) is 16.4 Å². The van der Waals surface area contributed by atoms with E-state index in [0.29, 0.717) is 0 Å². The molecule has 2 heterocycles. The van der Waals surface area contributed by atoms with Gasteiger partial charge in [-0.3, -0.25) is 0 Å². The molecule has 258 valence electrons. The van der Waals surface area contributed by atoms with E-state index in [2.05, 4.69) is 193 Å². The highest BCUT2D eigenvalue weighted by molar-refractivity contribution is 7.25. The number of benzene rings is 9. The molecular formula is C52H33NOS. The number of para-hydroxylation sites is 1. The van der Waals surface area contributed by atoms with Gasteiger partial charge in [0.05, 0.1) is 11.1 Å².